The molecule has 2 aromatic carbocycles. The van der Waals surface area contributed by atoms with Crippen LogP contribution in [0.2, 0.25) is 0 Å². The lowest BCUT2D eigenvalue weighted by Crippen LogP contribution is -2.41. The Morgan fingerprint density at radius 2 is 1.91 bits per heavy atom. The second kappa shape index (κ2) is 11.0. The van der Waals surface area contributed by atoms with Gasteiger partial charge in [0.2, 0.25) is 11.8 Å². The first kappa shape index (κ1) is 24.9. The number of hydrogen-bond donors (Lipinski definition) is 1. The third-order valence-electron chi connectivity index (χ3n) is 7.30. The summed E-state index contributed by atoms with van der Waals surface area (Å²) in [5.41, 5.74) is 0.592. The van der Waals surface area contributed by atoms with Crippen LogP contribution in [0.1, 0.15) is 44.1 Å². The Labute approximate surface area is 206 Å². The van der Waals surface area contributed by atoms with Gasteiger partial charge in [-0.1, -0.05) is 55.0 Å². The molecule has 0 saturated carbocycles. The van der Waals surface area contributed by atoms with E-state index in [0.29, 0.717) is 38.2 Å². The monoisotopic (exact) mass is 478 g/mol. The van der Waals surface area contributed by atoms with E-state index >= 15 is 0 Å². The summed E-state index contributed by atoms with van der Waals surface area (Å²) >= 11 is 0. The summed E-state index contributed by atoms with van der Waals surface area (Å²) < 4.78 is 10.4. The van der Waals surface area contributed by atoms with Gasteiger partial charge in [-0.2, -0.15) is 0 Å². The maximum absolute atomic E-state index is 13.6. The highest BCUT2D eigenvalue weighted by Crippen LogP contribution is 2.53. The predicted octanol–water partition coefficient (Wildman–Crippen LogP) is 3.96. The van der Waals surface area contributed by atoms with Crippen molar-refractivity contribution in [2.75, 3.05) is 27.4 Å². The molecule has 1 aliphatic carbocycles. The third kappa shape index (κ3) is 4.82. The van der Waals surface area contributed by atoms with Gasteiger partial charge in [-0.15, -0.1) is 0 Å². The Kier molecular flexibility index (Phi) is 7.86. The molecule has 0 radical (unpaired) electrons. The number of methoxy groups -OCH3 is 2. The molecule has 35 heavy (non-hydrogen) atoms. The minimum absolute atomic E-state index is 0.0587. The molecule has 1 saturated heterocycles. The fraction of sp³-hybridized carbons (Fsp3) is 0.464. The fourth-order valence-corrected chi connectivity index (χ4v) is 5.61. The van der Waals surface area contributed by atoms with E-state index in [0.717, 1.165) is 35.6 Å². The Morgan fingerprint density at radius 3 is 2.71 bits per heavy atom. The Balaban J connectivity index is 1.57. The smallest absolute Gasteiger partial charge is 0.318 e. The molecule has 0 aromatic heterocycles. The van der Waals surface area contributed by atoms with E-state index in [1.54, 1.807) is 12.0 Å². The van der Waals surface area contributed by atoms with Crippen molar-refractivity contribution in [2.24, 2.45) is 11.3 Å². The molecule has 1 fully saturated rings. The number of fused-ring (bicyclic) bond motifs is 2. The SMILES string of the molecule is COCCCN1C(=O)[C@H](CC(=O)NCc2cccc3ccccc23)[C@]2(C(=O)OC)CCCCC=C12. The van der Waals surface area contributed by atoms with Gasteiger partial charge in [-0.25, -0.2) is 0 Å². The molecule has 4 rings (SSSR count). The standard InChI is InChI=1S/C28H34N2O5/c1-34-17-9-16-30-24-14-4-3-7-15-28(24,27(33)35-2)23(26(30)32)18-25(31)29-19-21-12-8-11-20-10-5-6-13-22(20)21/h5-6,8,10-14,23H,3-4,7,9,15-19H2,1-2H3,(H,29,31)/t23-,28+/m0/s1. The quantitative estimate of drug-likeness (QED) is 0.436. The zero-order chi connectivity index (χ0) is 24.8. The third-order valence-corrected chi connectivity index (χ3v) is 7.30. The van der Waals surface area contributed by atoms with Gasteiger partial charge in [0.15, 0.2) is 0 Å². The molecule has 1 N–H and O–H groups in total. The van der Waals surface area contributed by atoms with Gasteiger partial charge in [0, 0.05) is 38.9 Å². The largest absolute Gasteiger partial charge is 0.468 e. The van der Waals surface area contributed by atoms with Crippen molar-refractivity contribution in [3.63, 3.8) is 0 Å². The molecule has 2 atom stereocenters. The van der Waals surface area contributed by atoms with Gasteiger partial charge in [0.1, 0.15) is 5.41 Å². The van der Waals surface area contributed by atoms with E-state index in [9.17, 15) is 14.4 Å². The van der Waals surface area contributed by atoms with Crippen molar-refractivity contribution >= 4 is 28.6 Å². The predicted molar refractivity (Wildman–Crippen MR) is 133 cm³/mol. The van der Waals surface area contributed by atoms with Crippen molar-refractivity contribution in [1.29, 1.82) is 0 Å². The van der Waals surface area contributed by atoms with Gasteiger partial charge in [0.25, 0.3) is 0 Å². The average molecular weight is 479 g/mol. The van der Waals surface area contributed by atoms with E-state index < -0.39 is 17.3 Å². The number of carbonyl (C=O) groups is 3. The van der Waals surface area contributed by atoms with Crippen molar-refractivity contribution in [3.8, 4) is 0 Å². The van der Waals surface area contributed by atoms with Crippen LogP contribution in [0.4, 0.5) is 0 Å². The normalized spacial score (nSPS) is 21.9. The number of allylic oxidation sites excluding steroid dienone is 1. The van der Waals surface area contributed by atoms with Crippen LogP contribution < -0.4 is 5.32 Å². The molecule has 186 valence electrons. The second-order valence-corrected chi connectivity index (χ2v) is 9.31. The molecule has 0 unspecified atom stereocenters. The Bertz CT molecular complexity index is 1120. The average Bonchev–Trinajstić information content (AvgIpc) is 3.01. The first-order valence-corrected chi connectivity index (χ1v) is 12.4. The van der Waals surface area contributed by atoms with Crippen molar-refractivity contribution in [2.45, 2.75) is 45.1 Å². The summed E-state index contributed by atoms with van der Waals surface area (Å²) in [7, 11) is 2.98. The number of rotatable bonds is 9. The van der Waals surface area contributed by atoms with Crippen molar-refractivity contribution in [3.05, 3.63) is 59.8 Å². The highest BCUT2D eigenvalue weighted by Gasteiger charge is 2.61. The first-order valence-electron chi connectivity index (χ1n) is 12.4. The number of carbonyl (C=O) groups excluding carboxylic acids is 3. The van der Waals surface area contributed by atoms with Gasteiger partial charge in [-0.05, 0) is 42.0 Å². The van der Waals surface area contributed by atoms with Crippen LogP contribution in [-0.4, -0.2) is 50.1 Å². The number of nitrogens with one attached hydrogen (secondary N) is 1. The van der Waals surface area contributed by atoms with Crippen molar-refractivity contribution in [1.82, 2.24) is 10.2 Å². The Hall–Kier alpha value is -3.19. The molecule has 2 amide bonds. The van der Waals surface area contributed by atoms with Crippen molar-refractivity contribution < 1.29 is 23.9 Å². The number of likely N-dealkylation sites (tertiary alicyclic amines) is 1. The minimum atomic E-state index is -1.12. The molecule has 7 nitrogen and oxygen atoms in total. The lowest BCUT2D eigenvalue weighted by atomic mass is 9.71. The lowest BCUT2D eigenvalue weighted by molar-refractivity contribution is -0.155. The molecular formula is C28H34N2O5. The van der Waals surface area contributed by atoms with Gasteiger partial charge < -0.3 is 19.7 Å². The lowest BCUT2D eigenvalue weighted by Gasteiger charge is -2.31. The number of ether oxygens (including phenoxy) is 2. The second-order valence-electron chi connectivity index (χ2n) is 9.31. The van der Waals surface area contributed by atoms with E-state index in [1.165, 1.54) is 7.11 Å². The van der Waals surface area contributed by atoms with Crippen LogP contribution in [0.25, 0.3) is 10.8 Å². The molecule has 0 bridgehead atoms. The highest BCUT2D eigenvalue weighted by atomic mass is 16.5. The topological polar surface area (TPSA) is 84.9 Å². The summed E-state index contributed by atoms with van der Waals surface area (Å²) in [6.07, 6.45) is 5.61. The molecule has 1 aliphatic heterocycles. The van der Waals surface area contributed by atoms with Crippen LogP contribution in [0.3, 0.4) is 0 Å². The number of hydrogen-bond acceptors (Lipinski definition) is 5. The Morgan fingerprint density at radius 1 is 1.11 bits per heavy atom. The van der Waals surface area contributed by atoms with E-state index in [2.05, 4.69) is 5.32 Å². The van der Waals surface area contributed by atoms with E-state index in [4.69, 9.17) is 9.47 Å². The van der Waals surface area contributed by atoms with Gasteiger partial charge in [0.05, 0.1) is 13.0 Å². The highest BCUT2D eigenvalue weighted by molar-refractivity contribution is 5.99. The van der Waals surface area contributed by atoms with Crippen LogP contribution >= 0.6 is 0 Å². The summed E-state index contributed by atoms with van der Waals surface area (Å²) in [5.74, 6) is -1.64. The van der Waals surface area contributed by atoms with Gasteiger partial charge >= 0.3 is 5.97 Å². The maximum Gasteiger partial charge on any atom is 0.318 e. The summed E-state index contributed by atoms with van der Waals surface area (Å²) in [6.45, 7) is 1.32. The fourth-order valence-electron chi connectivity index (χ4n) is 5.61. The zero-order valence-corrected chi connectivity index (χ0v) is 20.5. The summed E-state index contributed by atoms with van der Waals surface area (Å²) in [6, 6.07) is 14.0. The minimum Gasteiger partial charge on any atom is -0.468 e. The van der Waals surface area contributed by atoms with Gasteiger partial charge in [-0.3, -0.25) is 14.4 Å². The molecular weight excluding hydrogens is 444 g/mol. The molecule has 7 heteroatoms. The molecule has 2 aromatic rings. The van der Waals surface area contributed by atoms with Crippen LogP contribution in [0.5, 0.6) is 0 Å². The molecule has 1 heterocycles. The molecule has 2 aliphatic rings. The zero-order valence-electron chi connectivity index (χ0n) is 20.5. The number of benzene rings is 2. The summed E-state index contributed by atoms with van der Waals surface area (Å²) in [4.78, 5) is 41.8. The van der Waals surface area contributed by atoms with E-state index in [-0.39, 0.29) is 18.2 Å². The van der Waals surface area contributed by atoms with E-state index in [1.807, 2.05) is 48.5 Å². The number of nitrogens with zero attached hydrogens (tertiary/aromatic N) is 1. The number of amides is 2. The first-order chi connectivity index (χ1) is 17.0. The maximum atomic E-state index is 13.6. The van der Waals surface area contributed by atoms with Crippen LogP contribution in [0, 0.1) is 11.3 Å². The number of esters is 1. The van der Waals surface area contributed by atoms with Crippen LogP contribution in [0.15, 0.2) is 54.2 Å². The molecule has 0 spiro atoms. The summed E-state index contributed by atoms with van der Waals surface area (Å²) in [5, 5.41) is 5.18. The van der Waals surface area contributed by atoms with Crippen LogP contribution in [-0.2, 0) is 30.4 Å².